The topological polar surface area (TPSA) is 68.3 Å². The highest BCUT2D eigenvalue weighted by atomic mass is 79.9. The van der Waals surface area contributed by atoms with Gasteiger partial charge in [0, 0.05) is 39.3 Å². The fourth-order valence-corrected chi connectivity index (χ4v) is 5.37. The van der Waals surface area contributed by atoms with E-state index in [2.05, 4.69) is 21.2 Å². The second kappa shape index (κ2) is 12.5. The Bertz CT molecular complexity index is 1500. The summed E-state index contributed by atoms with van der Waals surface area (Å²) < 4.78 is 6.30. The van der Waals surface area contributed by atoms with Crippen LogP contribution in [0.1, 0.15) is 55.5 Å². The van der Waals surface area contributed by atoms with Gasteiger partial charge in [-0.05, 0) is 57.0 Å². The van der Waals surface area contributed by atoms with E-state index in [4.69, 9.17) is 32.9 Å². The van der Waals surface area contributed by atoms with Gasteiger partial charge in [0.2, 0.25) is 0 Å². The van der Waals surface area contributed by atoms with Crippen molar-refractivity contribution in [2.75, 3.05) is 6.54 Å². The number of nitrogens with zero attached hydrogens (tertiary/aromatic N) is 1. The lowest BCUT2D eigenvalue weighted by Gasteiger charge is -2.22. The lowest BCUT2D eigenvalue weighted by atomic mass is 9.93. The molecule has 0 aliphatic carbocycles. The molecule has 0 saturated heterocycles. The molecule has 3 aromatic carbocycles. The fraction of sp³-hybridized carbons (Fsp3) is 0.258. The number of aromatic nitrogens is 1. The van der Waals surface area contributed by atoms with Crippen molar-refractivity contribution in [1.29, 1.82) is 0 Å². The van der Waals surface area contributed by atoms with Crippen LogP contribution in [-0.4, -0.2) is 29.0 Å². The van der Waals surface area contributed by atoms with E-state index < -0.39 is 5.60 Å². The Labute approximate surface area is 247 Å². The van der Waals surface area contributed by atoms with Gasteiger partial charge in [-0.3, -0.25) is 9.59 Å². The molecule has 1 N–H and O–H groups in total. The smallest absolute Gasteiger partial charge is 0.306 e. The predicted octanol–water partition coefficient (Wildman–Crippen LogP) is 8.61. The van der Waals surface area contributed by atoms with E-state index in [0.29, 0.717) is 33.6 Å². The first kappa shape index (κ1) is 29.1. The van der Waals surface area contributed by atoms with Gasteiger partial charge >= 0.3 is 5.97 Å². The highest BCUT2D eigenvalue weighted by Crippen LogP contribution is 2.35. The van der Waals surface area contributed by atoms with Gasteiger partial charge in [0.15, 0.2) is 0 Å². The summed E-state index contributed by atoms with van der Waals surface area (Å²) in [5, 5.41) is 4.53. The van der Waals surface area contributed by atoms with Crippen molar-refractivity contribution in [3.05, 3.63) is 98.4 Å². The van der Waals surface area contributed by atoms with E-state index in [9.17, 15) is 9.59 Å². The van der Waals surface area contributed by atoms with Crippen LogP contribution in [0.4, 0.5) is 0 Å². The SMILES string of the molecule is CC(C)(C)OC(=O)CCC(CNC(=O)c1c(Cl)c(-c2ccccc2)nc2ccc(Br)cc12)c1ccccc1Cl. The van der Waals surface area contributed by atoms with Crippen LogP contribution in [0.5, 0.6) is 0 Å². The maximum Gasteiger partial charge on any atom is 0.306 e. The lowest BCUT2D eigenvalue weighted by Crippen LogP contribution is -2.30. The molecule has 1 aromatic heterocycles. The van der Waals surface area contributed by atoms with Gasteiger partial charge < -0.3 is 10.1 Å². The number of esters is 1. The molecule has 4 rings (SSSR count). The minimum atomic E-state index is -0.574. The molecule has 1 amide bonds. The number of rotatable bonds is 8. The van der Waals surface area contributed by atoms with Gasteiger partial charge in [0.25, 0.3) is 5.91 Å². The number of fused-ring (bicyclic) bond motifs is 1. The summed E-state index contributed by atoms with van der Waals surface area (Å²) in [7, 11) is 0. The number of nitrogens with one attached hydrogen (secondary N) is 1. The molecule has 4 aromatic rings. The van der Waals surface area contributed by atoms with Crippen LogP contribution in [0.25, 0.3) is 22.2 Å². The number of benzene rings is 3. The number of halogens is 3. The van der Waals surface area contributed by atoms with Crippen LogP contribution in [0.15, 0.2) is 77.3 Å². The molecule has 0 radical (unpaired) electrons. The molecule has 0 fully saturated rings. The van der Waals surface area contributed by atoms with Crippen molar-refractivity contribution in [2.45, 2.75) is 45.1 Å². The summed E-state index contributed by atoms with van der Waals surface area (Å²) >= 11 is 16.9. The van der Waals surface area contributed by atoms with Crippen LogP contribution in [-0.2, 0) is 9.53 Å². The number of ether oxygens (including phenoxy) is 1. The van der Waals surface area contributed by atoms with E-state index in [1.54, 1.807) is 6.07 Å². The molecule has 0 spiro atoms. The zero-order valence-electron chi connectivity index (χ0n) is 21.9. The number of hydrogen-bond acceptors (Lipinski definition) is 4. The summed E-state index contributed by atoms with van der Waals surface area (Å²) in [5.41, 5.74) is 2.61. The van der Waals surface area contributed by atoms with Crippen molar-refractivity contribution in [2.24, 2.45) is 0 Å². The standard InChI is InChI=1S/C31H29BrCl2N2O3/c1-31(2,3)39-26(37)16-13-20(22-11-7-8-12-24(22)33)18-35-30(38)27-23-17-21(32)14-15-25(23)36-29(28(27)34)19-9-5-4-6-10-19/h4-12,14-15,17,20H,13,16,18H2,1-3H3,(H,35,38). The van der Waals surface area contributed by atoms with Crippen molar-refractivity contribution >= 4 is 61.9 Å². The van der Waals surface area contributed by atoms with E-state index in [-0.39, 0.29) is 35.8 Å². The third-order valence-corrected chi connectivity index (χ3v) is 7.34. The third kappa shape index (κ3) is 7.38. The highest BCUT2D eigenvalue weighted by Gasteiger charge is 2.24. The van der Waals surface area contributed by atoms with Gasteiger partial charge in [-0.2, -0.15) is 0 Å². The predicted molar refractivity (Wildman–Crippen MR) is 161 cm³/mol. The maximum absolute atomic E-state index is 13.8. The third-order valence-electron chi connectivity index (χ3n) is 6.13. The normalized spacial score (nSPS) is 12.3. The monoisotopic (exact) mass is 626 g/mol. The number of pyridine rings is 1. The van der Waals surface area contributed by atoms with E-state index in [0.717, 1.165) is 15.6 Å². The van der Waals surface area contributed by atoms with E-state index in [1.807, 2.05) is 87.5 Å². The number of amides is 1. The van der Waals surface area contributed by atoms with Gasteiger partial charge in [0.1, 0.15) is 5.60 Å². The molecular weight excluding hydrogens is 599 g/mol. The zero-order valence-corrected chi connectivity index (χ0v) is 25.0. The Balaban J connectivity index is 1.65. The Hall–Kier alpha value is -2.93. The summed E-state index contributed by atoms with van der Waals surface area (Å²) in [5.74, 6) is -0.856. The van der Waals surface area contributed by atoms with Gasteiger partial charge in [-0.25, -0.2) is 4.98 Å². The Morgan fingerprint density at radius 3 is 2.38 bits per heavy atom. The Morgan fingerprint density at radius 2 is 1.69 bits per heavy atom. The number of carbonyl (C=O) groups is 2. The molecule has 0 saturated carbocycles. The quantitative estimate of drug-likeness (QED) is 0.199. The van der Waals surface area contributed by atoms with Crippen LogP contribution < -0.4 is 5.32 Å². The van der Waals surface area contributed by atoms with Crippen LogP contribution in [0.3, 0.4) is 0 Å². The highest BCUT2D eigenvalue weighted by molar-refractivity contribution is 9.10. The molecular formula is C31H29BrCl2N2O3. The summed E-state index contributed by atoms with van der Waals surface area (Å²) in [6.07, 6.45) is 0.637. The number of carbonyl (C=O) groups excluding carboxylic acids is 2. The Kier molecular flexibility index (Phi) is 9.31. The summed E-state index contributed by atoms with van der Waals surface area (Å²) in [6.45, 7) is 5.75. The van der Waals surface area contributed by atoms with Crippen molar-refractivity contribution < 1.29 is 14.3 Å². The van der Waals surface area contributed by atoms with Crippen LogP contribution in [0.2, 0.25) is 10.0 Å². The molecule has 1 atom stereocenters. The van der Waals surface area contributed by atoms with Crippen LogP contribution >= 0.6 is 39.1 Å². The minimum absolute atomic E-state index is 0.188. The first-order valence-corrected chi connectivity index (χ1v) is 14.2. The largest absolute Gasteiger partial charge is 0.460 e. The average molecular weight is 628 g/mol. The molecule has 5 nitrogen and oxygen atoms in total. The first-order chi connectivity index (χ1) is 18.5. The fourth-order valence-electron chi connectivity index (χ4n) is 4.38. The average Bonchev–Trinajstić information content (AvgIpc) is 2.88. The molecule has 0 bridgehead atoms. The van der Waals surface area contributed by atoms with Gasteiger partial charge in [-0.15, -0.1) is 0 Å². The second-order valence-corrected chi connectivity index (χ2v) is 11.9. The van der Waals surface area contributed by atoms with E-state index >= 15 is 0 Å². The molecule has 202 valence electrons. The van der Waals surface area contributed by atoms with Crippen molar-refractivity contribution in [3.63, 3.8) is 0 Å². The molecule has 8 heteroatoms. The maximum atomic E-state index is 13.8. The van der Waals surface area contributed by atoms with Gasteiger partial charge in [-0.1, -0.05) is 87.7 Å². The molecule has 39 heavy (non-hydrogen) atoms. The number of hydrogen-bond donors (Lipinski definition) is 1. The van der Waals surface area contributed by atoms with Crippen molar-refractivity contribution in [3.8, 4) is 11.3 Å². The zero-order chi connectivity index (χ0) is 28.2. The van der Waals surface area contributed by atoms with Gasteiger partial charge in [0.05, 0.1) is 21.8 Å². The Morgan fingerprint density at radius 1 is 1.00 bits per heavy atom. The summed E-state index contributed by atoms with van der Waals surface area (Å²) in [4.78, 5) is 31.0. The molecule has 1 unspecified atom stereocenters. The first-order valence-electron chi connectivity index (χ1n) is 12.6. The second-order valence-electron chi connectivity index (χ2n) is 10.2. The van der Waals surface area contributed by atoms with Crippen LogP contribution in [0, 0.1) is 0 Å². The molecule has 0 aliphatic heterocycles. The molecule has 1 heterocycles. The lowest BCUT2D eigenvalue weighted by molar-refractivity contribution is -0.155. The van der Waals surface area contributed by atoms with Crippen molar-refractivity contribution in [1.82, 2.24) is 10.3 Å². The summed E-state index contributed by atoms with van der Waals surface area (Å²) in [6, 6.07) is 22.5. The van der Waals surface area contributed by atoms with E-state index in [1.165, 1.54) is 0 Å². The minimum Gasteiger partial charge on any atom is -0.460 e. The molecule has 0 aliphatic rings.